The first kappa shape index (κ1) is 25.2. The Morgan fingerprint density at radius 1 is 1.08 bits per heavy atom. The Balaban J connectivity index is 1.53. The van der Waals surface area contributed by atoms with Crippen molar-refractivity contribution in [2.75, 3.05) is 31.9 Å². The van der Waals surface area contributed by atoms with Crippen LogP contribution >= 0.6 is 0 Å². The van der Waals surface area contributed by atoms with Crippen molar-refractivity contribution in [1.29, 1.82) is 0 Å². The van der Waals surface area contributed by atoms with Gasteiger partial charge in [0.1, 0.15) is 24.2 Å². The van der Waals surface area contributed by atoms with Gasteiger partial charge in [0.05, 0.1) is 17.0 Å². The fourth-order valence-corrected chi connectivity index (χ4v) is 5.44. The van der Waals surface area contributed by atoms with Gasteiger partial charge in [-0.3, -0.25) is 19.2 Å². The predicted octanol–water partition coefficient (Wildman–Crippen LogP) is -1.00. The molecule has 2 saturated heterocycles. The number of piperidine rings is 1. The number of piperazine rings is 1. The van der Waals surface area contributed by atoms with Gasteiger partial charge < -0.3 is 20.4 Å². The summed E-state index contributed by atoms with van der Waals surface area (Å²) in [6, 6.07) is 5.73. The molecule has 2 N–H and O–H groups in total. The third-order valence-electron chi connectivity index (χ3n) is 6.12. The lowest BCUT2D eigenvalue weighted by Gasteiger charge is -2.41. The van der Waals surface area contributed by atoms with Gasteiger partial charge in [0.25, 0.3) is 5.91 Å². The zero-order chi connectivity index (χ0) is 25.7. The summed E-state index contributed by atoms with van der Waals surface area (Å²) in [5.74, 6) is -2.88. The highest BCUT2D eigenvalue weighted by Crippen LogP contribution is 2.17. The van der Waals surface area contributed by atoms with Gasteiger partial charge in [0.2, 0.25) is 17.7 Å². The van der Waals surface area contributed by atoms with E-state index in [9.17, 15) is 27.6 Å². The molecule has 12 nitrogen and oxygen atoms in total. The fraction of sp³-hybridized carbons (Fsp3) is 0.391. The molecular formula is C23H26N6O6S. The number of carbonyl (C=O) groups is 4. The van der Waals surface area contributed by atoms with Crippen molar-refractivity contribution in [1.82, 2.24) is 30.4 Å². The molecule has 2 atom stereocenters. The topological polar surface area (TPSA) is 159 Å². The van der Waals surface area contributed by atoms with Gasteiger partial charge >= 0.3 is 0 Å². The third kappa shape index (κ3) is 5.67. The van der Waals surface area contributed by atoms with Crippen molar-refractivity contribution in [2.45, 2.75) is 29.8 Å². The van der Waals surface area contributed by atoms with Crippen LogP contribution in [0.5, 0.6) is 0 Å². The molecule has 0 radical (unpaired) electrons. The second-order valence-electron chi connectivity index (χ2n) is 8.55. The quantitative estimate of drug-likeness (QED) is 0.497. The van der Waals surface area contributed by atoms with Crippen molar-refractivity contribution in [3.05, 3.63) is 54.6 Å². The number of benzene rings is 1. The van der Waals surface area contributed by atoms with Crippen LogP contribution in [0.15, 0.2) is 53.9 Å². The SMILES string of the molecule is O=C(N[C@@H]1CCCNC1=O)[C@H]1CN(C(=O)CS(=O)(=O)c2ccccc2)CCN1C(=O)c1cncnc1. The summed E-state index contributed by atoms with van der Waals surface area (Å²) in [5.41, 5.74) is 0.164. The zero-order valence-electron chi connectivity index (χ0n) is 19.4. The number of rotatable bonds is 6. The number of nitrogens with zero attached hydrogens (tertiary/aromatic N) is 4. The van der Waals surface area contributed by atoms with E-state index in [0.717, 1.165) is 0 Å². The van der Waals surface area contributed by atoms with Crippen molar-refractivity contribution >= 4 is 33.5 Å². The van der Waals surface area contributed by atoms with Gasteiger partial charge in [-0.15, -0.1) is 0 Å². The fourth-order valence-electron chi connectivity index (χ4n) is 4.19. The third-order valence-corrected chi connectivity index (χ3v) is 7.74. The Morgan fingerprint density at radius 3 is 2.50 bits per heavy atom. The molecule has 190 valence electrons. The first-order chi connectivity index (χ1) is 17.3. The van der Waals surface area contributed by atoms with E-state index in [2.05, 4.69) is 20.6 Å². The predicted molar refractivity (Wildman–Crippen MR) is 126 cm³/mol. The van der Waals surface area contributed by atoms with Crippen molar-refractivity contribution in [3.63, 3.8) is 0 Å². The minimum Gasteiger partial charge on any atom is -0.354 e. The average Bonchev–Trinajstić information content (AvgIpc) is 2.90. The lowest BCUT2D eigenvalue weighted by molar-refractivity contribution is -0.137. The monoisotopic (exact) mass is 514 g/mol. The summed E-state index contributed by atoms with van der Waals surface area (Å²) in [7, 11) is -3.89. The maximum atomic E-state index is 13.3. The first-order valence-electron chi connectivity index (χ1n) is 11.5. The highest BCUT2D eigenvalue weighted by atomic mass is 32.2. The highest BCUT2D eigenvalue weighted by molar-refractivity contribution is 7.92. The molecule has 1 aromatic heterocycles. The molecule has 36 heavy (non-hydrogen) atoms. The molecule has 0 bridgehead atoms. The maximum absolute atomic E-state index is 13.3. The number of aromatic nitrogens is 2. The first-order valence-corrected chi connectivity index (χ1v) is 13.1. The molecule has 4 rings (SSSR count). The van der Waals surface area contributed by atoms with Crippen molar-refractivity contribution < 1.29 is 27.6 Å². The summed E-state index contributed by atoms with van der Waals surface area (Å²) in [6.07, 6.45) is 5.05. The number of carbonyl (C=O) groups excluding carboxylic acids is 4. The number of sulfone groups is 1. The second kappa shape index (κ2) is 10.8. The molecule has 0 unspecified atom stereocenters. The molecule has 0 spiro atoms. The summed E-state index contributed by atoms with van der Waals surface area (Å²) >= 11 is 0. The van der Waals surface area contributed by atoms with Crippen LogP contribution in [0.2, 0.25) is 0 Å². The van der Waals surface area contributed by atoms with Crippen LogP contribution in [0, 0.1) is 0 Å². The lowest BCUT2D eigenvalue weighted by atomic mass is 10.0. The normalized spacial score (nSPS) is 20.4. The minimum absolute atomic E-state index is 0.0141. The highest BCUT2D eigenvalue weighted by Gasteiger charge is 2.39. The van der Waals surface area contributed by atoms with E-state index in [4.69, 9.17) is 0 Å². The van der Waals surface area contributed by atoms with E-state index in [0.29, 0.717) is 19.4 Å². The van der Waals surface area contributed by atoms with Crippen LogP contribution in [-0.4, -0.2) is 95.8 Å². The van der Waals surface area contributed by atoms with Crippen LogP contribution in [0.3, 0.4) is 0 Å². The Morgan fingerprint density at radius 2 is 1.81 bits per heavy atom. The number of hydrogen-bond donors (Lipinski definition) is 2. The minimum atomic E-state index is -3.89. The standard InChI is InChI=1S/C23H26N6O6S/c30-20(14-36(34,35)17-5-2-1-3-6-17)28-9-10-29(23(33)16-11-24-15-25-12-16)19(13-28)22(32)27-18-7-4-8-26-21(18)31/h1-3,5-6,11-12,15,18-19H,4,7-10,13-14H2,(H,26,31)(H,27,32)/t18-,19-/m1/s1. The van der Waals surface area contributed by atoms with E-state index >= 15 is 0 Å². The molecule has 3 heterocycles. The number of amides is 4. The van der Waals surface area contributed by atoms with Crippen LogP contribution in [0.1, 0.15) is 23.2 Å². The van der Waals surface area contributed by atoms with E-state index in [1.807, 2.05) is 0 Å². The van der Waals surface area contributed by atoms with E-state index in [1.165, 1.54) is 40.7 Å². The lowest BCUT2D eigenvalue weighted by Crippen LogP contribution is -2.64. The number of nitrogens with one attached hydrogen (secondary N) is 2. The van der Waals surface area contributed by atoms with Gasteiger partial charge in [-0.1, -0.05) is 18.2 Å². The van der Waals surface area contributed by atoms with Gasteiger partial charge in [-0.05, 0) is 25.0 Å². The second-order valence-corrected chi connectivity index (χ2v) is 10.5. The molecule has 1 aromatic carbocycles. The van der Waals surface area contributed by atoms with E-state index < -0.39 is 45.4 Å². The molecule has 0 saturated carbocycles. The molecule has 4 amide bonds. The number of hydrogen-bond acceptors (Lipinski definition) is 8. The summed E-state index contributed by atoms with van der Waals surface area (Å²) in [4.78, 5) is 61.8. The summed E-state index contributed by atoms with van der Waals surface area (Å²) in [6.45, 7) is 0.324. The molecule has 2 fully saturated rings. The zero-order valence-corrected chi connectivity index (χ0v) is 20.2. The van der Waals surface area contributed by atoms with Crippen LogP contribution in [0.25, 0.3) is 0 Å². The Bertz CT molecular complexity index is 1240. The molecular weight excluding hydrogens is 488 g/mol. The largest absolute Gasteiger partial charge is 0.354 e. The van der Waals surface area contributed by atoms with Gasteiger partial charge in [-0.2, -0.15) is 0 Å². The van der Waals surface area contributed by atoms with Crippen molar-refractivity contribution in [2.24, 2.45) is 0 Å². The summed E-state index contributed by atoms with van der Waals surface area (Å²) in [5, 5.41) is 5.36. The molecule has 13 heteroatoms. The molecule has 2 aliphatic heterocycles. The van der Waals surface area contributed by atoms with Crippen LogP contribution in [0.4, 0.5) is 0 Å². The molecule has 2 aromatic rings. The molecule has 0 aliphatic carbocycles. The van der Waals surface area contributed by atoms with E-state index in [-0.39, 0.29) is 36.0 Å². The Kier molecular flexibility index (Phi) is 7.58. The Labute approximate surface area is 208 Å². The smallest absolute Gasteiger partial charge is 0.257 e. The summed E-state index contributed by atoms with van der Waals surface area (Å²) < 4.78 is 25.4. The van der Waals surface area contributed by atoms with Crippen LogP contribution in [-0.2, 0) is 24.2 Å². The van der Waals surface area contributed by atoms with Crippen molar-refractivity contribution in [3.8, 4) is 0 Å². The molecule has 2 aliphatic rings. The maximum Gasteiger partial charge on any atom is 0.257 e. The van der Waals surface area contributed by atoms with Gasteiger partial charge in [0.15, 0.2) is 9.84 Å². The Hall–Kier alpha value is -3.87. The van der Waals surface area contributed by atoms with Gasteiger partial charge in [-0.25, -0.2) is 18.4 Å². The van der Waals surface area contributed by atoms with Gasteiger partial charge in [0, 0.05) is 32.0 Å². The van der Waals surface area contributed by atoms with E-state index in [1.54, 1.807) is 18.2 Å². The van der Waals surface area contributed by atoms with Crippen LogP contribution < -0.4 is 10.6 Å². The average molecular weight is 515 g/mol.